The lowest BCUT2D eigenvalue weighted by Gasteiger charge is -2.06. The minimum Gasteiger partial charge on any atom is -0.453 e. The van der Waals surface area contributed by atoms with Crippen LogP contribution in [0.5, 0.6) is 0 Å². The van der Waals surface area contributed by atoms with Gasteiger partial charge in [-0.1, -0.05) is 47.5 Å². The number of ether oxygens (including phenoxy) is 1. The molecule has 26 heavy (non-hydrogen) atoms. The largest absolute Gasteiger partial charge is 0.453 e. The number of thiazole rings is 1. The Morgan fingerprint density at radius 1 is 1.15 bits per heavy atom. The Kier molecular flexibility index (Phi) is 5.49. The highest BCUT2D eigenvalue weighted by Crippen LogP contribution is 2.26. The summed E-state index contributed by atoms with van der Waals surface area (Å²) in [4.78, 5) is 28.7. The number of rotatable bonds is 5. The average molecular weight is 386 g/mol. The number of ketones is 1. The van der Waals surface area contributed by atoms with Gasteiger partial charge in [-0.25, -0.2) is 9.78 Å². The topological polar surface area (TPSA) is 56.3 Å². The molecule has 132 valence electrons. The molecule has 0 spiro atoms. The van der Waals surface area contributed by atoms with E-state index in [1.54, 1.807) is 23.6 Å². The molecule has 1 heterocycles. The molecular weight excluding hydrogens is 370 g/mol. The van der Waals surface area contributed by atoms with Gasteiger partial charge in [-0.2, -0.15) is 0 Å². The summed E-state index contributed by atoms with van der Waals surface area (Å²) in [6.45, 7) is 3.51. The van der Waals surface area contributed by atoms with Gasteiger partial charge in [0.1, 0.15) is 5.01 Å². The molecule has 3 aromatic rings. The predicted octanol–water partition coefficient (Wildman–Crippen LogP) is 5.12. The van der Waals surface area contributed by atoms with E-state index in [1.807, 2.05) is 38.1 Å². The highest BCUT2D eigenvalue weighted by Gasteiger charge is 2.16. The molecule has 0 aliphatic rings. The first-order valence-corrected chi connectivity index (χ1v) is 9.19. The molecule has 3 rings (SSSR count). The zero-order valence-corrected chi connectivity index (χ0v) is 15.9. The number of aromatic nitrogens is 1. The van der Waals surface area contributed by atoms with Crippen LogP contribution in [0.4, 0.5) is 0 Å². The van der Waals surface area contributed by atoms with Crippen molar-refractivity contribution in [3.05, 3.63) is 75.3 Å². The SMILES string of the molecule is Cc1ccc(C(=O)COC(=O)c2csc(-c3cccc(Cl)c3)n2)c(C)c1. The van der Waals surface area contributed by atoms with E-state index in [0.717, 1.165) is 16.7 Å². The van der Waals surface area contributed by atoms with Crippen molar-refractivity contribution in [1.82, 2.24) is 4.98 Å². The molecule has 1 aromatic heterocycles. The second-order valence-corrected chi connectivity index (χ2v) is 7.16. The summed E-state index contributed by atoms with van der Waals surface area (Å²) in [6.07, 6.45) is 0. The number of hydrogen-bond acceptors (Lipinski definition) is 5. The van der Waals surface area contributed by atoms with Gasteiger partial charge in [-0.15, -0.1) is 11.3 Å². The zero-order chi connectivity index (χ0) is 18.7. The van der Waals surface area contributed by atoms with Crippen LogP contribution < -0.4 is 0 Å². The van der Waals surface area contributed by atoms with Gasteiger partial charge in [0.15, 0.2) is 12.3 Å². The summed E-state index contributed by atoms with van der Waals surface area (Å²) in [5.41, 5.74) is 3.50. The summed E-state index contributed by atoms with van der Waals surface area (Å²) in [6, 6.07) is 12.8. The molecule has 0 radical (unpaired) electrons. The fourth-order valence-electron chi connectivity index (χ4n) is 2.53. The maximum absolute atomic E-state index is 12.3. The lowest BCUT2D eigenvalue weighted by Crippen LogP contribution is -2.15. The number of carbonyl (C=O) groups is 2. The van der Waals surface area contributed by atoms with Crippen molar-refractivity contribution >= 4 is 34.7 Å². The highest BCUT2D eigenvalue weighted by molar-refractivity contribution is 7.13. The van der Waals surface area contributed by atoms with Crippen LogP contribution in [0.3, 0.4) is 0 Å². The molecule has 0 amide bonds. The summed E-state index contributed by atoms with van der Waals surface area (Å²) < 4.78 is 5.13. The van der Waals surface area contributed by atoms with Gasteiger partial charge in [0.05, 0.1) is 0 Å². The summed E-state index contributed by atoms with van der Waals surface area (Å²) in [5.74, 6) is -0.853. The van der Waals surface area contributed by atoms with Gasteiger partial charge in [0, 0.05) is 21.5 Å². The molecule has 0 unspecified atom stereocenters. The van der Waals surface area contributed by atoms with Crippen LogP contribution in [-0.4, -0.2) is 23.3 Å². The fraction of sp³-hybridized carbons (Fsp3) is 0.150. The maximum Gasteiger partial charge on any atom is 0.358 e. The number of esters is 1. The third-order valence-corrected chi connectivity index (χ3v) is 4.93. The second-order valence-electron chi connectivity index (χ2n) is 5.87. The minimum atomic E-state index is -0.618. The molecule has 0 bridgehead atoms. The first-order chi connectivity index (χ1) is 12.4. The smallest absolute Gasteiger partial charge is 0.358 e. The summed E-state index contributed by atoms with van der Waals surface area (Å²) in [7, 11) is 0. The standard InChI is InChI=1S/C20H16ClNO3S/c1-12-6-7-16(13(2)8-12)18(23)10-25-20(24)17-11-26-19(22-17)14-4-3-5-15(21)9-14/h3-9,11H,10H2,1-2H3. The normalized spacial score (nSPS) is 10.6. The lowest BCUT2D eigenvalue weighted by atomic mass is 10.0. The first-order valence-electron chi connectivity index (χ1n) is 7.93. The average Bonchev–Trinajstić information content (AvgIpc) is 3.09. The minimum absolute atomic E-state index is 0.179. The van der Waals surface area contributed by atoms with Gasteiger partial charge < -0.3 is 4.74 Å². The van der Waals surface area contributed by atoms with E-state index >= 15 is 0 Å². The van der Waals surface area contributed by atoms with Crippen LogP contribution in [0.2, 0.25) is 5.02 Å². The molecule has 0 aliphatic heterocycles. The van der Waals surface area contributed by atoms with Gasteiger partial charge in [-0.05, 0) is 31.5 Å². The first kappa shape index (κ1) is 18.3. The number of nitrogens with zero attached hydrogens (tertiary/aromatic N) is 1. The van der Waals surface area contributed by atoms with Crippen LogP contribution in [0.15, 0.2) is 47.8 Å². The van der Waals surface area contributed by atoms with E-state index in [1.165, 1.54) is 11.3 Å². The number of Topliss-reactive ketones (excluding diaryl/α,β-unsaturated/α-hetero) is 1. The van der Waals surface area contributed by atoms with E-state index in [-0.39, 0.29) is 18.1 Å². The number of benzene rings is 2. The van der Waals surface area contributed by atoms with Gasteiger partial charge in [0.2, 0.25) is 5.78 Å². The van der Waals surface area contributed by atoms with Crippen LogP contribution in [-0.2, 0) is 4.74 Å². The third-order valence-electron chi connectivity index (χ3n) is 3.80. The van der Waals surface area contributed by atoms with Crippen LogP contribution in [0, 0.1) is 13.8 Å². The van der Waals surface area contributed by atoms with Crippen molar-refractivity contribution in [2.24, 2.45) is 0 Å². The summed E-state index contributed by atoms with van der Waals surface area (Å²) in [5, 5.41) is 2.88. The third kappa shape index (κ3) is 4.18. The Balaban J connectivity index is 1.66. The quantitative estimate of drug-likeness (QED) is 0.451. The maximum atomic E-state index is 12.3. The van der Waals surface area contributed by atoms with E-state index < -0.39 is 5.97 Å². The van der Waals surface area contributed by atoms with Gasteiger partial charge in [0.25, 0.3) is 0 Å². The van der Waals surface area contributed by atoms with Crippen molar-refractivity contribution in [2.75, 3.05) is 6.61 Å². The fourth-order valence-corrected chi connectivity index (χ4v) is 3.51. The van der Waals surface area contributed by atoms with Crippen molar-refractivity contribution < 1.29 is 14.3 Å². The van der Waals surface area contributed by atoms with Crippen molar-refractivity contribution in [1.29, 1.82) is 0 Å². The molecule has 2 aromatic carbocycles. The molecule has 0 saturated carbocycles. The Morgan fingerprint density at radius 2 is 1.96 bits per heavy atom. The molecular formula is C20H16ClNO3S. The highest BCUT2D eigenvalue weighted by atomic mass is 35.5. The molecule has 0 saturated heterocycles. The van der Waals surface area contributed by atoms with E-state index in [2.05, 4.69) is 4.98 Å². The Labute approximate surface area is 160 Å². The zero-order valence-electron chi connectivity index (χ0n) is 14.3. The van der Waals surface area contributed by atoms with Crippen LogP contribution in [0.25, 0.3) is 10.6 Å². The molecule has 4 nitrogen and oxygen atoms in total. The molecule has 0 atom stereocenters. The number of hydrogen-bond donors (Lipinski definition) is 0. The van der Waals surface area contributed by atoms with Crippen LogP contribution in [0.1, 0.15) is 32.0 Å². The van der Waals surface area contributed by atoms with Crippen molar-refractivity contribution in [3.63, 3.8) is 0 Å². The van der Waals surface area contributed by atoms with E-state index in [0.29, 0.717) is 15.6 Å². The number of halogens is 1. The summed E-state index contributed by atoms with van der Waals surface area (Å²) >= 11 is 7.30. The van der Waals surface area contributed by atoms with Crippen molar-refractivity contribution in [3.8, 4) is 10.6 Å². The second kappa shape index (κ2) is 7.81. The molecule has 0 fully saturated rings. The number of aryl methyl sites for hydroxylation is 2. The number of carbonyl (C=O) groups excluding carboxylic acids is 2. The molecule has 6 heteroatoms. The van der Waals surface area contributed by atoms with E-state index in [9.17, 15) is 9.59 Å². The lowest BCUT2D eigenvalue weighted by molar-refractivity contribution is 0.0469. The Bertz CT molecular complexity index is 981. The van der Waals surface area contributed by atoms with Gasteiger partial charge in [-0.3, -0.25) is 4.79 Å². The van der Waals surface area contributed by atoms with Crippen molar-refractivity contribution in [2.45, 2.75) is 13.8 Å². The Morgan fingerprint density at radius 3 is 2.69 bits per heavy atom. The molecule has 0 aliphatic carbocycles. The monoisotopic (exact) mass is 385 g/mol. The van der Waals surface area contributed by atoms with E-state index in [4.69, 9.17) is 16.3 Å². The molecule has 0 N–H and O–H groups in total. The van der Waals surface area contributed by atoms with Gasteiger partial charge >= 0.3 is 5.97 Å². The van der Waals surface area contributed by atoms with Crippen LogP contribution >= 0.6 is 22.9 Å². The predicted molar refractivity (Wildman–Crippen MR) is 103 cm³/mol. The Hall–Kier alpha value is -2.50.